The summed E-state index contributed by atoms with van der Waals surface area (Å²) in [4.78, 5) is 34.8. The summed E-state index contributed by atoms with van der Waals surface area (Å²) in [5, 5.41) is 10.0. The lowest BCUT2D eigenvalue weighted by Crippen LogP contribution is -2.20. The number of hydrogen-bond donors (Lipinski definition) is 1. The van der Waals surface area contributed by atoms with Gasteiger partial charge in [-0.15, -0.1) is 0 Å². The van der Waals surface area contributed by atoms with Crippen molar-refractivity contribution in [2.45, 2.75) is 12.7 Å². The van der Waals surface area contributed by atoms with E-state index in [4.69, 9.17) is 4.74 Å². The summed E-state index contributed by atoms with van der Waals surface area (Å²) in [5.41, 5.74) is 2.14. The molecule has 0 bridgehead atoms. The predicted octanol–water partition coefficient (Wildman–Crippen LogP) is 1.73. The summed E-state index contributed by atoms with van der Waals surface area (Å²) in [6.07, 6.45) is 0. The van der Waals surface area contributed by atoms with Crippen molar-refractivity contribution in [3.05, 3.63) is 69.8 Å². The fourth-order valence-electron chi connectivity index (χ4n) is 2.79. The SMILES string of the molecule is CC1(O)OC(=O)c2cc(C#Cc3ccc4c(c3)C(=O)OC4=O)ccc21. The molecule has 2 heterocycles. The van der Waals surface area contributed by atoms with E-state index < -0.39 is 23.7 Å². The van der Waals surface area contributed by atoms with Crippen molar-refractivity contribution in [2.24, 2.45) is 0 Å². The number of carbonyl (C=O) groups excluding carboxylic acids is 3. The van der Waals surface area contributed by atoms with Crippen LogP contribution in [0.25, 0.3) is 0 Å². The van der Waals surface area contributed by atoms with Crippen LogP contribution in [-0.2, 0) is 15.3 Å². The van der Waals surface area contributed by atoms with E-state index >= 15 is 0 Å². The van der Waals surface area contributed by atoms with Gasteiger partial charge in [0.05, 0.1) is 16.7 Å². The molecule has 2 aliphatic rings. The van der Waals surface area contributed by atoms with Crippen molar-refractivity contribution in [1.29, 1.82) is 0 Å². The molecule has 0 saturated carbocycles. The first-order chi connectivity index (χ1) is 11.8. The summed E-state index contributed by atoms with van der Waals surface area (Å²) in [5.74, 6) is 2.15. The smallest absolute Gasteiger partial charge is 0.346 e. The molecular weight excluding hydrogens is 324 g/mol. The van der Waals surface area contributed by atoms with Gasteiger partial charge >= 0.3 is 17.9 Å². The molecule has 0 radical (unpaired) electrons. The topological polar surface area (TPSA) is 89.9 Å². The average molecular weight is 334 g/mol. The number of aliphatic hydroxyl groups is 1. The van der Waals surface area contributed by atoms with Crippen LogP contribution in [0.4, 0.5) is 0 Å². The highest BCUT2D eigenvalue weighted by atomic mass is 16.7. The number of esters is 3. The van der Waals surface area contributed by atoms with E-state index in [0.29, 0.717) is 16.7 Å². The molecule has 2 aromatic rings. The van der Waals surface area contributed by atoms with Crippen LogP contribution in [0, 0.1) is 11.8 Å². The molecule has 1 atom stereocenters. The van der Waals surface area contributed by atoms with E-state index in [1.807, 2.05) is 0 Å². The van der Waals surface area contributed by atoms with Gasteiger partial charge in [0.25, 0.3) is 0 Å². The Labute approximate surface area is 142 Å². The molecule has 2 aliphatic heterocycles. The minimum absolute atomic E-state index is 0.186. The average Bonchev–Trinajstić information content (AvgIpc) is 2.98. The van der Waals surface area contributed by atoms with Crippen molar-refractivity contribution in [3.63, 3.8) is 0 Å². The second-order valence-corrected chi connectivity index (χ2v) is 5.82. The lowest BCUT2D eigenvalue weighted by atomic mass is 10.0. The van der Waals surface area contributed by atoms with E-state index in [1.54, 1.807) is 18.2 Å². The van der Waals surface area contributed by atoms with Crippen LogP contribution in [0.1, 0.15) is 54.7 Å². The normalized spacial score (nSPS) is 20.3. The lowest BCUT2D eigenvalue weighted by molar-refractivity contribution is -0.147. The Kier molecular flexibility index (Phi) is 3.04. The van der Waals surface area contributed by atoms with Gasteiger partial charge in [-0.1, -0.05) is 17.9 Å². The molecule has 4 rings (SSSR count). The Morgan fingerprint density at radius 3 is 2.16 bits per heavy atom. The zero-order valence-electron chi connectivity index (χ0n) is 13.0. The van der Waals surface area contributed by atoms with Gasteiger partial charge in [-0.25, -0.2) is 14.4 Å². The van der Waals surface area contributed by atoms with Crippen molar-refractivity contribution < 1.29 is 29.0 Å². The van der Waals surface area contributed by atoms with Crippen molar-refractivity contribution in [2.75, 3.05) is 0 Å². The number of hydrogen-bond acceptors (Lipinski definition) is 6. The molecule has 122 valence electrons. The fourth-order valence-corrected chi connectivity index (χ4v) is 2.79. The molecule has 0 fully saturated rings. The van der Waals surface area contributed by atoms with Gasteiger partial charge in [0.1, 0.15) is 0 Å². The molecule has 0 aliphatic carbocycles. The number of carbonyl (C=O) groups is 3. The van der Waals surface area contributed by atoms with Gasteiger partial charge in [-0.2, -0.15) is 0 Å². The zero-order valence-corrected chi connectivity index (χ0v) is 13.0. The predicted molar refractivity (Wildman–Crippen MR) is 83.6 cm³/mol. The highest BCUT2D eigenvalue weighted by Gasteiger charge is 2.39. The van der Waals surface area contributed by atoms with Gasteiger partial charge in [0.2, 0.25) is 5.79 Å². The summed E-state index contributed by atoms with van der Waals surface area (Å²) >= 11 is 0. The van der Waals surface area contributed by atoms with E-state index in [1.165, 1.54) is 25.1 Å². The van der Waals surface area contributed by atoms with Gasteiger partial charge in [-0.05, 0) is 30.3 Å². The summed E-state index contributed by atoms with van der Waals surface area (Å²) in [6, 6.07) is 9.37. The third kappa shape index (κ3) is 2.38. The van der Waals surface area contributed by atoms with Crippen LogP contribution in [0.2, 0.25) is 0 Å². The van der Waals surface area contributed by atoms with Crippen LogP contribution in [0.15, 0.2) is 36.4 Å². The van der Waals surface area contributed by atoms with E-state index in [-0.39, 0.29) is 16.7 Å². The van der Waals surface area contributed by atoms with Crippen molar-refractivity contribution >= 4 is 17.9 Å². The summed E-state index contributed by atoms with van der Waals surface area (Å²) < 4.78 is 9.42. The highest BCUT2D eigenvalue weighted by Crippen LogP contribution is 2.34. The summed E-state index contributed by atoms with van der Waals surface area (Å²) in [7, 11) is 0. The lowest BCUT2D eigenvalue weighted by Gasteiger charge is -2.15. The van der Waals surface area contributed by atoms with Gasteiger partial charge in [0, 0.05) is 23.6 Å². The van der Waals surface area contributed by atoms with Crippen molar-refractivity contribution in [3.8, 4) is 11.8 Å². The molecule has 0 spiro atoms. The number of ether oxygens (including phenoxy) is 2. The van der Waals surface area contributed by atoms with E-state index in [2.05, 4.69) is 16.6 Å². The molecule has 0 amide bonds. The van der Waals surface area contributed by atoms with E-state index in [0.717, 1.165) is 0 Å². The monoisotopic (exact) mass is 334 g/mol. The Hall–Kier alpha value is -3.43. The van der Waals surface area contributed by atoms with Crippen LogP contribution in [0.5, 0.6) is 0 Å². The largest absolute Gasteiger partial charge is 0.425 e. The van der Waals surface area contributed by atoms with Gasteiger partial charge in [0.15, 0.2) is 0 Å². The molecule has 0 saturated heterocycles. The van der Waals surface area contributed by atoms with E-state index in [9.17, 15) is 19.5 Å². The number of benzene rings is 2. The molecule has 1 unspecified atom stereocenters. The molecule has 6 heteroatoms. The number of fused-ring (bicyclic) bond motifs is 2. The maximum atomic E-state index is 11.8. The Balaban J connectivity index is 1.69. The highest BCUT2D eigenvalue weighted by molar-refractivity contribution is 6.14. The Morgan fingerprint density at radius 1 is 0.840 bits per heavy atom. The number of cyclic esters (lactones) is 3. The molecule has 2 aromatic carbocycles. The standard InChI is InChI=1S/C19H10O6/c1-19(23)15-7-5-11(9-14(15)18(22)25-19)3-2-10-4-6-12-13(8-10)17(21)24-16(12)20/h4-9,23H,1H3. The third-order valence-electron chi connectivity index (χ3n) is 4.03. The summed E-state index contributed by atoms with van der Waals surface area (Å²) in [6.45, 7) is 1.40. The van der Waals surface area contributed by atoms with Gasteiger partial charge < -0.3 is 14.6 Å². The minimum Gasteiger partial charge on any atom is -0.425 e. The zero-order chi connectivity index (χ0) is 17.8. The molecule has 1 N–H and O–H groups in total. The quantitative estimate of drug-likeness (QED) is 0.448. The van der Waals surface area contributed by atoms with Crippen molar-refractivity contribution in [1.82, 2.24) is 0 Å². The molecule has 0 aromatic heterocycles. The molecule has 25 heavy (non-hydrogen) atoms. The third-order valence-corrected chi connectivity index (χ3v) is 4.03. The van der Waals surface area contributed by atoms with Crippen LogP contribution >= 0.6 is 0 Å². The van der Waals surface area contributed by atoms with Gasteiger partial charge in [-0.3, -0.25) is 0 Å². The van der Waals surface area contributed by atoms with Crippen LogP contribution in [0.3, 0.4) is 0 Å². The Morgan fingerprint density at radius 2 is 1.44 bits per heavy atom. The Bertz CT molecular complexity index is 1040. The first-order valence-electron chi connectivity index (χ1n) is 7.38. The second-order valence-electron chi connectivity index (χ2n) is 5.82. The van der Waals surface area contributed by atoms with Crippen LogP contribution < -0.4 is 0 Å². The fraction of sp³-hybridized carbons (Fsp3) is 0.105. The number of rotatable bonds is 0. The maximum Gasteiger partial charge on any atom is 0.346 e. The minimum atomic E-state index is -1.63. The molecular formula is C19H10O6. The first-order valence-corrected chi connectivity index (χ1v) is 7.38. The first kappa shape index (κ1) is 15.1. The second kappa shape index (κ2) is 5.03. The maximum absolute atomic E-state index is 11.8. The van der Waals surface area contributed by atoms with Crippen LogP contribution in [-0.4, -0.2) is 23.0 Å². The molecule has 6 nitrogen and oxygen atoms in total.